The fraction of sp³-hybridized carbons (Fsp3) is 0.769. The molecule has 0 aromatic carbocycles. The molecule has 2 saturated heterocycles. The number of hydrogen-bond donors (Lipinski definition) is 3. The molecule has 0 radical (unpaired) electrons. The minimum atomic E-state index is -1.12. The van der Waals surface area contributed by atoms with E-state index in [4.69, 9.17) is 5.11 Å². The van der Waals surface area contributed by atoms with Gasteiger partial charge in [-0.1, -0.05) is 0 Å². The van der Waals surface area contributed by atoms with Gasteiger partial charge in [0.1, 0.15) is 12.6 Å². The molecule has 2 rings (SSSR count). The predicted octanol–water partition coefficient (Wildman–Crippen LogP) is -0.916. The second-order valence-electron chi connectivity index (χ2n) is 5.63. The monoisotopic (exact) mass is 299 g/mol. The molecule has 2 aliphatic heterocycles. The highest BCUT2D eigenvalue weighted by Crippen LogP contribution is 2.22. The number of aliphatic hydroxyl groups excluding tert-OH is 1. The lowest BCUT2D eigenvalue weighted by atomic mass is 9.92. The van der Waals surface area contributed by atoms with Gasteiger partial charge in [0, 0.05) is 19.6 Å². The van der Waals surface area contributed by atoms with Crippen LogP contribution in [-0.4, -0.2) is 76.2 Å². The lowest BCUT2D eigenvalue weighted by molar-refractivity contribution is -0.144. The van der Waals surface area contributed by atoms with Gasteiger partial charge in [-0.3, -0.25) is 9.69 Å². The Morgan fingerprint density at radius 1 is 1.33 bits per heavy atom. The zero-order chi connectivity index (χ0) is 15.6. The lowest BCUT2D eigenvalue weighted by Gasteiger charge is -2.39. The number of carbonyl (C=O) groups excluding carboxylic acids is 2. The topological polar surface area (TPSA) is 110 Å². The zero-order valence-electron chi connectivity index (χ0n) is 12.0. The third kappa shape index (κ3) is 3.44. The van der Waals surface area contributed by atoms with E-state index in [0.29, 0.717) is 25.9 Å². The lowest BCUT2D eigenvalue weighted by Crippen LogP contribution is -2.62. The average Bonchev–Trinajstić information content (AvgIpc) is 2.46. The van der Waals surface area contributed by atoms with Crippen LogP contribution in [0.25, 0.3) is 0 Å². The van der Waals surface area contributed by atoms with Crippen molar-refractivity contribution in [3.05, 3.63) is 0 Å². The number of carboxylic acid groups (broad SMARTS) is 1. The van der Waals surface area contributed by atoms with Gasteiger partial charge in [-0.2, -0.15) is 0 Å². The first kappa shape index (κ1) is 15.6. The highest BCUT2D eigenvalue weighted by atomic mass is 16.4. The second-order valence-corrected chi connectivity index (χ2v) is 5.63. The number of likely N-dealkylation sites (tertiary alicyclic amines) is 1. The van der Waals surface area contributed by atoms with E-state index in [-0.39, 0.29) is 24.9 Å². The van der Waals surface area contributed by atoms with Crippen molar-refractivity contribution in [1.82, 2.24) is 15.1 Å². The number of nitrogens with zero attached hydrogens (tertiary/aromatic N) is 2. The number of carboxylic acids is 1. The Morgan fingerprint density at radius 3 is 2.48 bits per heavy atom. The molecule has 0 saturated carbocycles. The number of amides is 3. The number of piperazine rings is 1. The molecule has 0 aromatic rings. The van der Waals surface area contributed by atoms with Crippen molar-refractivity contribution in [3.8, 4) is 0 Å². The first-order chi connectivity index (χ1) is 9.90. The van der Waals surface area contributed by atoms with Crippen LogP contribution < -0.4 is 5.32 Å². The van der Waals surface area contributed by atoms with E-state index in [1.54, 1.807) is 11.8 Å². The fourth-order valence-electron chi connectivity index (χ4n) is 2.82. The van der Waals surface area contributed by atoms with Crippen molar-refractivity contribution < 1.29 is 24.6 Å². The molecule has 2 heterocycles. The molecule has 2 atom stereocenters. The Balaban J connectivity index is 2.01. The van der Waals surface area contributed by atoms with E-state index in [0.717, 1.165) is 4.90 Å². The molecule has 0 aliphatic carbocycles. The van der Waals surface area contributed by atoms with Crippen LogP contribution in [0.15, 0.2) is 0 Å². The van der Waals surface area contributed by atoms with Crippen LogP contribution in [0, 0.1) is 5.92 Å². The van der Waals surface area contributed by atoms with Crippen LogP contribution in [0.2, 0.25) is 0 Å². The van der Waals surface area contributed by atoms with Crippen molar-refractivity contribution in [1.29, 1.82) is 0 Å². The number of aliphatic carboxylic acids is 1. The van der Waals surface area contributed by atoms with Gasteiger partial charge in [0.15, 0.2) is 0 Å². The summed E-state index contributed by atoms with van der Waals surface area (Å²) in [5.74, 6) is -1.31. The summed E-state index contributed by atoms with van der Waals surface area (Å²) in [5, 5.41) is 21.2. The van der Waals surface area contributed by atoms with Crippen LogP contribution in [-0.2, 0) is 9.59 Å². The molecule has 0 spiro atoms. The highest BCUT2D eigenvalue weighted by molar-refractivity contribution is 5.90. The number of urea groups is 1. The minimum absolute atomic E-state index is 0.0654. The van der Waals surface area contributed by atoms with Crippen LogP contribution in [0.1, 0.15) is 19.8 Å². The molecule has 0 aromatic heterocycles. The van der Waals surface area contributed by atoms with Gasteiger partial charge >= 0.3 is 12.0 Å². The van der Waals surface area contributed by atoms with Gasteiger partial charge < -0.3 is 20.4 Å². The van der Waals surface area contributed by atoms with E-state index in [2.05, 4.69) is 5.32 Å². The van der Waals surface area contributed by atoms with Crippen molar-refractivity contribution >= 4 is 17.9 Å². The summed E-state index contributed by atoms with van der Waals surface area (Å²) in [5.41, 5.74) is 0. The Morgan fingerprint density at radius 2 is 1.95 bits per heavy atom. The van der Waals surface area contributed by atoms with E-state index >= 15 is 0 Å². The van der Waals surface area contributed by atoms with E-state index in [1.807, 2.05) is 0 Å². The molecule has 8 heteroatoms. The van der Waals surface area contributed by atoms with Gasteiger partial charge in [0.2, 0.25) is 5.91 Å². The Kier molecular flexibility index (Phi) is 4.66. The fourth-order valence-corrected chi connectivity index (χ4v) is 2.82. The summed E-state index contributed by atoms with van der Waals surface area (Å²) in [6.07, 6.45) is 0.956. The zero-order valence-corrected chi connectivity index (χ0v) is 12.0. The third-order valence-electron chi connectivity index (χ3n) is 4.21. The van der Waals surface area contributed by atoms with Crippen molar-refractivity contribution in [2.75, 3.05) is 26.2 Å². The number of piperidine rings is 1. The molecule has 3 amide bonds. The maximum atomic E-state index is 12.4. The molecule has 118 valence electrons. The molecule has 8 nitrogen and oxygen atoms in total. The van der Waals surface area contributed by atoms with Gasteiger partial charge in [-0.15, -0.1) is 0 Å². The van der Waals surface area contributed by atoms with E-state index < -0.39 is 24.1 Å². The standard InChI is InChI=1S/C13H21N3O5/c1-8(17)9-2-4-15(5-3-9)13(21)16-7-11(18)14-6-10(16)12(19)20/h8-10,17H,2-7H2,1H3,(H,14,18)(H,19,20). The number of nitrogens with one attached hydrogen (secondary N) is 1. The van der Waals surface area contributed by atoms with E-state index in [1.165, 1.54) is 0 Å². The van der Waals surface area contributed by atoms with Crippen molar-refractivity contribution in [2.45, 2.75) is 31.9 Å². The van der Waals surface area contributed by atoms with Crippen LogP contribution in [0.5, 0.6) is 0 Å². The van der Waals surface area contributed by atoms with Crippen molar-refractivity contribution in [3.63, 3.8) is 0 Å². The predicted molar refractivity (Wildman–Crippen MR) is 72.5 cm³/mol. The van der Waals surface area contributed by atoms with Gasteiger partial charge in [0.25, 0.3) is 0 Å². The molecule has 0 bridgehead atoms. The molecular formula is C13H21N3O5. The van der Waals surface area contributed by atoms with Crippen LogP contribution in [0.3, 0.4) is 0 Å². The van der Waals surface area contributed by atoms with Crippen LogP contribution >= 0.6 is 0 Å². The summed E-state index contributed by atoms with van der Waals surface area (Å²) >= 11 is 0. The smallest absolute Gasteiger partial charge is 0.328 e. The molecule has 2 unspecified atom stereocenters. The summed E-state index contributed by atoms with van der Waals surface area (Å²) < 4.78 is 0. The maximum absolute atomic E-state index is 12.4. The number of hydrogen-bond acceptors (Lipinski definition) is 4. The van der Waals surface area contributed by atoms with Crippen molar-refractivity contribution in [2.24, 2.45) is 5.92 Å². The maximum Gasteiger partial charge on any atom is 0.328 e. The molecule has 2 fully saturated rings. The number of rotatable bonds is 2. The Labute approximate surface area is 122 Å². The van der Waals surface area contributed by atoms with Gasteiger partial charge in [-0.05, 0) is 25.7 Å². The number of carbonyl (C=O) groups is 3. The minimum Gasteiger partial charge on any atom is -0.480 e. The molecule has 21 heavy (non-hydrogen) atoms. The summed E-state index contributed by atoms with van der Waals surface area (Å²) in [6, 6.07) is -1.44. The molecule has 3 N–H and O–H groups in total. The molecule has 2 aliphatic rings. The first-order valence-electron chi connectivity index (χ1n) is 7.13. The normalized spacial score (nSPS) is 25.4. The largest absolute Gasteiger partial charge is 0.480 e. The average molecular weight is 299 g/mol. The molecular weight excluding hydrogens is 278 g/mol. The Bertz CT molecular complexity index is 432. The summed E-state index contributed by atoms with van der Waals surface area (Å²) in [6.45, 7) is 2.38. The highest BCUT2D eigenvalue weighted by Gasteiger charge is 2.38. The van der Waals surface area contributed by atoms with Crippen LogP contribution in [0.4, 0.5) is 4.79 Å². The van der Waals surface area contributed by atoms with Gasteiger partial charge in [0.05, 0.1) is 6.10 Å². The SMILES string of the molecule is CC(O)C1CCN(C(=O)N2CC(=O)NCC2C(=O)O)CC1. The number of aliphatic hydroxyl groups is 1. The quantitative estimate of drug-likeness (QED) is 0.611. The Hall–Kier alpha value is -1.83. The second kappa shape index (κ2) is 6.30. The summed E-state index contributed by atoms with van der Waals surface area (Å²) in [7, 11) is 0. The van der Waals surface area contributed by atoms with E-state index in [9.17, 15) is 19.5 Å². The first-order valence-corrected chi connectivity index (χ1v) is 7.13. The summed E-state index contributed by atoms with van der Waals surface area (Å²) in [4.78, 5) is 37.7. The third-order valence-corrected chi connectivity index (χ3v) is 4.21. The van der Waals surface area contributed by atoms with Gasteiger partial charge in [-0.25, -0.2) is 9.59 Å².